The second-order valence-electron chi connectivity index (χ2n) is 7.85. The van der Waals surface area contributed by atoms with Crippen LogP contribution in [0.1, 0.15) is 80.6 Å². The monoisotopic (exact) mass is 338 g/mol. The maximum Gasteiger partial charge on any atom is 0.243 e. The minimum Gasteiger partial charge on any atom is -0.550 e. The third-order valence-electron chi connectivity index (χ3n) is 5.69. The zero-order chi connectivity index (χ0) is 19.0. The molecule has 1 rings (SSSR count). The number of carboxylic acids is 1. The quantitative estimate of drug-likeness (QED) is 0.682. The van der Waals surface area contributed by atoms with Gasteiger partial charge in [0.05, 0.1) is 7.05 Å². The molecule has 0 aliphatic rings. The molecular formula is C20H38N2O2. The van der Waals surface area contributed by atoms with Gasteiger partial charge in [0.2, 0.25) is 6.33 Å². The Labute approximate surface area is 148 Å². The summed E-state index contributed by atoms with van der Waals surface area (Å²) in [5, 5.41) is 10.3. The average molecular weight is 339 g/mol. The van der Waals surface area contributed by atoms with E-state index in [4.69, 9.17) is 0 Å². The molecule has 1 unspecified atom stereocenters. The van der Waals surface area contributed by atoms with Crippen molar-refractivity contribution >= 4 is 5.97 Å². The van der Waals surface area contributed by atoms with Crippen LogP contribution in [0.2, 0.25) is 0 Å². The first-order valence-electron chi connectivity index (χ1n) is 9.28. The van der Waals surface area contributed by atoms with Crippen LogP contribution in [0, 0.1) is 11.3 Å². The molecule has 1 aromatic heterocycles. The topological polar surface area (TPSA) is 48.9 Å². The molecule has 0 bridgehead atoms. The average Bonchev–Trinajstić information content (AvgIpc) is 2.95. The summed E-state index contributed by atoms with van der Waals surface area (Å²) in [4.78, 5) is 10.3. The second-order valence-corrected chi connectivity index (χ2v) is 7.85. The number of imidazole rings is 1. The van der Waals surface area contributed by atoms with Gasteiger partial charge in [0.1, 0.15) is 17.9 Å². The van der Waals surface area contributed by atoms with Gasteiger partial charge in [-0.15, -0.1) is 0 Å². The number of nitrogens with zero attached hydrogens (tertiary/aromatic N) is 2. The van der Waals surface area contributed by atoms with Crippen molar-refractivity contribution in [3.8, 4) is 0 Å². The minimum atomic E-state index is -0.893. The number of carboxylic acid groups (broad SMARTS) is 1. The molecule has 0 aliphatic heterocycles. The smallest absolute Gasteiger partial charge is 0.243 e. The van der Waals surface area contributed by atoms with E-state index < -0.39 is 5.97 Å². The largest absolute Gasteiger partial charge is 0.550 e. The van der Waals surface area contributed by atoms with Crippen LogP contribution in [0.15, 0.2) is 18.7 Å². The summed E-state index contributed by atoms with van der Waals surface area (Å²) in [5.41, 5.74) is 0.460. The summed E-state index contributed by atoms with van der Waals surface area (Å²) in [6, 6.07) is 0. The van der Waals surface area contributed by atoms with Crippen molar-refractivity contribution in [2.75, 3.05) is 0 Å². The van der Waals surface area contributed by atoms with Crippen LogP contribution < -0.4 is 9.67 Å². The van der Waals surface area contributed by atoms with E-state index in [0.29, 0.717) is 11.8 Å². The summed E-state index contributed by atoms with van der Waals surface area (Å²) in [6.45, 7) is 15.5. The van der Waals surface area contributed by atoms with E-state index in [0.717, 1.165) is 19.3 Å². The van der Waals surface area contributed by atoms with Crippen molar-refractivity contribution in [1.82, 2.24) is 4.57 Å². The Balaban J connectivity index is 0.000000470. The van der Waals surface area contributed by atoms with Gasteiger partial charge in [0.25, 0.3) is 0 Å². The Kier molecular flexibility index (Phi) is 9.31. The van der Waals surface area contributed by atoms with E-state index in [1.807, 2.05) is 6.92 Å². The highest BCUT2D eigenvalue weighted by atomic mass is 16.4. The van der Waals surface area contributed by atoms with Crippen LogP contribution in [0.25, 0.3) is 0 Å². The van der Waals surface area contributed by atoms with Gasteiger partial charge in [0.15, 0.2) is 0 Å². The van der Waals surface area contributed by atoms with Crippen LogP contribution in [0.5, 0.6) is 0 Å². The normalized spacial score (nSPS) is 13.2. The number of aryl methyl sites for hydroxylation is 1. The predicted octanol–water partition coefficient (Wildman–Crippen LogP) is 3.44. The minimum absolute atomic E-state index is 0.156. The van der Waals surface area contributed by atoms with Gasteiger partial charge in [-0.25, -0.2) is 9.13 Å². The Hall–Kier alpha value is -1.32. The molecule has 24 heavy (non-hydrogen) atoms. The van der Waals surface area contributed by atoms with Gasteiger partial charge in [-0.2, -0.15) is 0 Å². The lowest BCUT2D eigenvalue weighted by atomic mass is 9.72. The molecule has 140 valence electrons. The van der Waals surface area contributed by atoms with Crippen molar-refractivity contribution in [2.45, 2.75) is 86.1 Å². The number of hydrogen-bond donors (Lipinski definition) is 0. The van der Waals surface area contributed by atoms with Crippen molar-refractivity contribution < 1.29 is 14.5 Å². The maximum atomic E-state index is 10.3. The van der Waals surface area contributed by atoms with Gasteiger partial charge >= 0.3 is 0 Å². The van der Waals surface area contributed by atoms with Crippen LogP contribution in [0.4, 0.5) is 0 Å². The molecule has 0 amide bonds. The molecule has 0 saturated heterocycles. The van der Waals surface area contributed by atoms with Gasteiger partial charge in [0, 0.05) is 11.4 Å². The zero-order valence-electron chi connectivity index (χ0n) is 17.1. The summed E-state index contributed by atoms with van der Waals surface area (Å²) in [6.07, 6.45) is 11.1. The fourth-order valence-electron chi connectivity index (χ4n) is 2.50. The van der Waals surface area contributed by atoms with E-state index in [1.54, 1.807) is 0 Å². The molecule has 0 saturated carbocycles. The Bertz CT molecular complexity index is 490. The third-order valence-corrected chi connectivity index (χ3v) is 5.69. The maximum absolute atomic E-state index is 10.3. The lowest BCUT2D eigenvalue weighted by molar-refractivity contribution is -0.671. The predicted molar refractivity (Wildman–Crippen MR) is 97.3 cm³/mol. The fraction of sp³-hybridized carbons (Fsp3) is 0.800. The van der Waals surface area contributed by atoms with Crippen molar-refractivity contribution in [3.05, 3.63) is 18.7 Å². The van der Waals surface area contributed by atoms with E-state index >= 15 is 0 Å². The number of carbonyl (C=O) groups is 1. The highest BCUT2D eigenvalue weighted by Crippen LogP contribution is 2.39. The van der Waals surface area contributed by atoms with Crippen LogP contribution >= 0.6 is 0 Å². The molecule has 4 heteroatoms. The third kappa shape index (κ3) is 6.29. The number of carbonyl (C=O) groups excluding carboxylic acids is 1. The first-order valence-corrected chi connectivity index (χ1v) is 9.28. The van der Waals surface area contributed by atoms with Gasteiger partial charge in [-0.05, 0) is 39.0 Å². The summed E-state index contributed by atoms with van der Waals surface area (Å²) in [7, 11) is 2.06. The fourth-order valence-corrected chi connectivity index (χ4v) is 2.50. The first-order chi connectivity index (χ1) is 11.0. The Morgan fingerprint density at radius 3 is 2.12 bits per heavy atom. The van der Waals surface area contributed by atoms with Crippen molar-refractivity contribution in [3.63, 3.8) is 0 Å². The van der Waals surface area contributed by atoms with E-state index in [-0.39, 0.29) is 11.5 Å². The first kappa shape index (κ1) is 22.7. The SMILES string of the molecule is CCC(C)(C)C(C)(C)n1cc[n+](C)c1.CCCCC(CC)C(=O)[O-]. The van der Waals surface area contributed by atoms with Gasteiger partial charge in [-0.1, -0.05) is 47.5 Å². The zero-order valence-corrected chi connectivity index (χ0v) is 17.1. The summed E-state index contributed by atoms with van der Waals surface area (Å²) < 4.78 is 4.39. The molecule has 0 spiro atoms. The molecule has 0 aliphatic carbocycles. The number of unbranched alkanes of at least 4 members (excludes halogenated alkanes) is 1. The molecule has 0 fully saturated rings. The molecule has 0 N–H and O–H groups in total. The lowest BCUT2D eigenvalue weighted by Gasteiger charge is -2.38. The van der Waals surface area contributed by atoms with Crippen LogP contribution in [-0.4, -0.2) is 10.5 Å². The number of hydrogen-bond acceptors (Lipinski definition) is 2. The summed E-state index contributed by atoms with van der Waals surface area (Å²) in [5.74, 6) is -1.11. The van der Waals surface area contributed by atoms with Gasteiger partial charge in [-0.3, -0.25) is 0 Å². The molecule has 0 aromatic carbocycles. The van der Waals surface area contributed by atoms with E-state index in [9.17, 15) is 9.90 Å². The van der Waals surface area contributed by atoms with E-state index in [2.05, 4.69) is 76.4 Å². The number of rotatable bonds is 8. The van der Waals surface area contributed by atoms with E-state index in [1.165, 1.54) is 6.42 Å². The van der Waals surface area contributed by atoms with Gasteiger partial charge < -0.3 is 9.90 Å². The summed E-state index contributed by atoms with van der Waals surface area (Å²) >= 11 is 0. The molecule has 1 heterocycles. The molecule has 4 nitrogen and oxygen atoms in total. The molecule has 1 atom stereocenters. The number of aliphatic carboxylic acids is 1. The Morgan fingerprint density at radius 1 is 1.21 bits per heavy atom. The lowest BCUT2D eigenvalue weighted by Crippen LogP contribution is -2.42. The Morgan fingerprint density at radius 2 is 1.79 bits per heavy atom. The highest BCUT2D eigenvalue weighted by molar-refractivity contribution is 5.67. The molecule has 1 aromatic rings. The van der Waals surface area contributed by atoms with Crippen molar-refractivity contribution in [2.24, 2.45) is 18.4 Å². The van der Waals surface area contributed by atoms with Crippen molar-refractivity contribution in [1.29, 1.82) is 0 Å². The van der Waals surface area contributed by atoms with Crippen LogP contribution in [0.3, 0.4) is 0 Å². The highest BCUT2D eigenvalue weighted by Gasteiger charge is 2.40. The second kappa shape index (κ2) is 9.85. The molecular weight excluding hydrogens is 300 g/mol. The molecule has 0 radical (unpaired) electrons. The standard InChI is InChI=1S/C12H23N2.C8H16O2/c1-7-11(2,3)12(4,5)14-9-8-13(6)10-14;1-3-5-6-7(4-2)8(9)10/h8-10H,7H2,1-6H3;7H,3-6H2,1-2H3,(H,9,10)/q+1;/p-1. The number of aromatic nitrogens is 2. The van der Waals surface area contributed by atoms with Crippen LogP contribution in [-0.2, 0) is 17.4 Å².